The van der Waals surface area contributed by atoms with Crippen LogP contribution >= 0.6 is 0 Å². The molecule has 7 N–H and O–H groups in total. The number of alkyl carbamates (subject to hydrolysis) is 1. The summed E-state index contributed by atoms with van der Waals surface area (Å²) in [7, 11) is 0. The second kappa shape index (κ2) is 14.1. The highest BCUT2D eigenvalue weighted by Crippen LogP contribution is 2.70. The number of aliphatic hydroxyl groups excluding tert-OH is 1. The van der Waals surface area contributed by atoms with Crippen LogP contribution in [0.5, 0.6) is 0 Å². The fourth-order valence-corrected chi connectivity index (χ4v) is 9.03. The Kier molecular flexibility index (Phi) is 10.9. The molecule has 266 valence electrons. The number of Topliss-reactive ketones (excluding diaryl/α,β-unsaturated/α-hetero) is 1. The monoisotopic (exact) mass is 676 g/mol. The lowest BCUT2D eigenvalue weighted by Crippen LogP contribution is -2.69. The summed E-state index contributed by atoms with van der Waals surface area (Å²) in [5, 5.41) is 31.0. The molecular formula is C34H49FN4O9. The number of ether oxygens (including phenoxy) is 1. The standard InChI is InChI=1S/C34H49FN4O9/c1-19-15-24-23-9-8-21-16-22(41)10-12-31(21,3)33(23,35)26(42)17-32(24,4)34(19,47)27(43)18-48-30(46)38-14-11-28(44)37-13-6-5-7-25(29(36)45)39-20(2)40/h10,12,16,19,23-26,42,47H,5-9,11,13-15,17-18H2,1-4H3,(H2,36,45)(H,37,44)(H,38,46)(H,39,40)/t19-,23+,24+,25+,26+,31+,32+,33+,34+/m1/s1. The van der Waals surface area contributed by atoms with Crippen LogP contribution in [0, 0.1) is 28.6 Å². The molecule has 0 aromatic rings. The van der Waals surface area contributed by atoms with Gasteiger partial charge in [-0.1, -0.05) is 25.5 Å². The highest BCUT2D eigenvalue weighted by Gasteiger charge is 2.75. The summed E-state index contributed by atoms with van der Waals surface area (Å²) in [6.45, 7) is 5.89. The Morgan fingerprint density at radius 3 is 2.50 bits per heavy atom. The van der Waals surface area contributed by atoms with Crippen LogP contribution in [-0.4, -0.2) is 88.7 Å². The molecule has 0 radical (unpaired) electrons. The quantitative estimate of drug-likeness (QED) is 0.155. The van der Waals surface area contributed by atoms with Crippen molar-refractivity contribution in [2.45, 2.75) is 102 Å². The number of allylic oxidation sites excluding steroid dienone is 4. The Balaban J connectivity index is 1.26. The number of alkyl halides is 1. The van der Waals surface area contributed by atoms with E-state index in [1.54, 1.807) is 26.8 Å². The third kappa shape index (κ3) is 6.52. The number of rotatable bonds is 13. The van der Waals surface area contributed by atoms with Crippen LogP contribution in [0.1, 0.15) is 79.1 Å². The zero-order valence-corrected chi connectivity index (χ0v) is 28.1. The van der Waals surface area contributed by atoms with E-state index in [9.17, 15) is 39.0 Å². The van der Waals surface area contributed by atoms with Crippen LogP contribution in [0.2, 0.25) is 0 Å². The second-order valence-corrected chi connectivity index (χ2v) is 14.3. The summed E-state index contributed by atoms with van der Waals surface area (Å²) in [5.74, 6) is -4.04. The van der Waals surface area contributed by atoms with E-state index in [0.717, 1.165) is 0 Å². The maximum atomic E-state index is 17.3. The first kappa shape index (κ1) is 37.2. The Morgan fingerprint density at radius 1 is 1.12 bits per heavy atom. The number of ketones is 2. The third-order valence-corrected chi connectivity index (χ3v) is 11.6. The molecule has 9 atom stereocenters. The molecule has 0 bridgehead atoms. The minimum absolute atomic E-state index is 0.0665. The van der Waals surface area contributed by atoms with Gasteiger partial charge in [-0.2, -0.15) is 0 Å². The number of nitrogens with two attached hydrogens (primary N) is 1. The molecule has 3 fully saturated rings. The van der Waals surface area contributed by atoms with Crippen LogP contribution in [0.3, 0.4) is 0 Å². The van der Waals surface area contributed by atoms with E-state index in [1.807, 2.05) is 0 Å². The van der Waals surface area contributed by atoms with Crippen LogP contribution in [0.25, 0.3) is 0 Å². The summed E-state index contributed by atoms with van der Waals surface area (Å²) >= 11 is 0. The number of carbonyl (C=O) groups excluding carboxylic acids is 6. The number of primary amides is 1. The zero-order chi connectivity index (χ0) is 35.7. The van der Waals surface area contributed by atoms with Gasteiger partial charge in [0.2, 0.25) is 23.5 Å². The van der Waals surface area contributed by atoms with Crippen molar-refractivity contribution in [1.29, 1.82) is 0 Å². The third-order valence-electron chi connectivity index (χ3n) is 11.6. The molecule has 0 aromatic carbocycles. The van der Waals surface area contributed by atoms with Crippen molar-refractivity contribution in [2.75, 3.05) is 19.7 Å². The zero-order valence-electron chi connectivity index (χ0n) is 28.1. The lowest BCUT2D eigenvalue weighted by atomic mass is 9.44. The fourth-order valence-electron chi connectivity index (χ4n) is 9.03. The van der Waals surface area contributed by atoms with E-state index in [4.69, 9.17) is 10.5 Å². The smallest absolute Gasteiger partial charge is 0.407 e. The molecule has 4 aliphatic carbocycles. The van der Waals surface area contributed by atoms with Crippen molar-refractivity contribution in [3.63, 3.8) is 0 Å². The summed E-state index contributed by atoms with van der Waals surface area (Å²) in [4.78, 5) is 72.7. The highest BCUT2D eigenvalue weighted by atomic mass is 19.1. The van der Waals surface area contributed by atoms with Crippen molar-refractivity contribution in [2.24, 2.45) is 34.3 Å². The molecule has 3 saturated carbocycles. The van der Waals surface area contributed by atoms with Gasteiger partial charge in [0.1, 0.15) is 11.6 Å². The predicted octanol–water partition coefficient (Wildman–Crippen LogP) is 1.30. The number of aliphatic hydroxyl groups is 2. The Bertz CT molecular complexity index is 1400. The van der Waals surface area contributed by atoms with Gasteiger partial charge in [0, 0.05) is 43.2 Å². The molecule has 4 aliphatic rings. The maximum Gasteiger partial charge on any atom is 0.407 e. The molecule has 0 spiro atoms. The summed E-state index contributed by atoms with van der Waals surface area (Å²) in [6, 6.07) is -0.777. The fraction of sp³-hybridized carbons (Fsp3) is 0.706. The molecule has 14 heteroatoms. The Hall–Kier alpha value is -3.65. The Labute approximate surface area is 279 Å². The molecule has 0 saturated heterocycles. The summed E-state index contributed by atoms with van der Waals surface area (Å²) in [5.41, 5.74) is -0.577. The van der Waals surface area contributed by atoms with Crippen molar-refractivity contribution >= 4 is 35.4 Å². The van der Waals surface area contributed by atoms with Crippen molar-refractivity contribution in [1.82, 2.24) is 16.0 Å². The topological polar surface area (TPSA) is 214 Å². The average molecular weight is 677 g/mol. The number of amides is 4. The number of halogens is 1. The van der Waals surface area contributed by atoms with E-state index in [1.165, 1.54) is 19.1 Å². The van der Waals surface area contributed by atoms with Crippen molar-refractivity contribution < 1.29 is 48.1 Å². The number of nitrogens with one attached hydrogen (secondary N) is 3. The number of fused-ring (bicyclic) bond motifs is 5. The van der Waals surface area contributed by atoms with Crippen molar-refractivity contribution in [3.8, 4) is 0 Å². The van der Waals surface area contributed by atoms with Gasteiger partial charge in [-0.3, -0.25) is 24.0 Å². The number of hydrogen-bond donors (Lipinski definition) is 6. The van der Waals surface area contributed by atoms with Crippen LogP contribution in [-0.2, 0) is 28.7 Å². The van der Waals surface area contributed by atoms with Gasteiger partial charge in [0.25, 0.3) is 0 Å². The first-order valence-electron chi connectivity index (χ1n) is 16.7. The van der Waals surface area contributed by atoms with Crippen LogP contribution in [0.15, 0.2) is 23.8 Å². The second-order valence-electron chi connectivity index (χ2n) is 14.3. The van der Waals surface area contributed by atoms with Crippen LogP contribution in [0.4, 0.5) is 9.18 Å². The minimum Gasteiger partial charge on any atom is -0.441 e. The number of unbranched alkanes of at least 4 members (excludes halogenated alkanes) is 1. The highest BCUT2D eigenvalue weighted by molar-refractivity contribution is 6.01. The Morgan fingerprint density at radius 2 is 1.83 bits per heavy atom. The van der Waals surface area contributed by atoms with E-state index >= 15 is 4.39 Å². The molecule has 0 unspecified atom stereocenters. The average Bonchev–Trinajstić information content (AvgIpc) is 3.21. The van der Waals surface area contributed by atoms with Gasteiger partial charge < -0.3 is 36.6 Å². The molecular weight excluding hydrogens is 627 g/mol. The minimum atomic E-state index is -2.10. The molecule has 0 heterocycles. The predicted molar refractivity (Wildman–Crippen MR) is 170 cm³/mol. The van der Waals surface area contributed by atoms with E-state index in [-0.39, 0.29) is 37.0 Å². The molecule has 4 amide bonds. The lowest BCUT2D eigenvalue weighted by molar-refractivity contribution is -0.219. The normalized spacial score (nSPS) is 35.6. The molecule has 4 rings (SSSR count). The SMILES string of the molecule is CC(=O)N[C@@H](CCCCNC(=O)CCNC(=O)OCC(=O)[C@@]1(O)[C@H](C)C[C@H]2[C@@H]3CCC4=CC(=O)C=C[C@]4(C)[C@@]3(F)[C@@H](O)C[C@@]21C)C(N)=O. The number of hydrogen-bond acceptors (Lipinski definition) is 9. The number of carbonyl (C=O) groups is 6. The van der Waals surface area contributed by atoms with Gasteiger partial charge in [0.05, 0.1) is 6.10 Å². The van der Waals surface area contributed by atoms with Gasteiger partial charge in [0.15, 0.2) is 18.1 Å². The molecule has 0 aromatic heterocycles. The summed E-state index contributed by atoms with van der Waals surface area (Å²) in [6.07, 6.45) is 4.16. The molecule has 0 aliphatic heterocycles. The van der Waals surface area contributed by atoms with Gasteiger partial charge >= 0.3 is 6.09 Å². The summed E-state index contributed by atoms with van der Waals surface area (Å²) < 4.78 is 22.4. The van der Waals surface area contributed by atoms with Gasteiger partial charge in [-0.25, -0.2) is 9.18 Å². The molecule has 13 nitrogen and oxygen atoms in total. The lowest BCUT2D eigenvalue weighted by Gasteiger charge is -2.62. The van der Waals surface area contributed by atoms with Gasteiger partial charge in [-0.05, 0) is 75.9 Å². The van der Waals surface area contributed by atoms with Crippen LogP contribution < -0.4 is 21.7 Å². The van der Waals surface area contributed by atoms with E-state index < -0.39 is 76.4 Å². The van der Waals surface area contributed by atoms with E-state index in [0.29, 0.717) is 50.6 Å². The maximum absolute atomic E-state index is 17.3. The first-order chi connectivity index (χ1) is 22.4. The van der Waals surface area contributed by atoms with Gasteiger partial charge in [-0.15, -0.1) is 0 Å². The first-order valence-corrected chi connectivity index (χ1v) is 16.7. The largest absolute Gasteiger partial charge is 0.441 e. The van der Waals surface area contributed by atoms with E-state index in [2.05, 4.69) is 16.0 Å². The van der Waals surface area contributed by atoms with Crippen molar-refractivity contribution in [3.05, 3.63) is 23.8 Å². The molecule has 48 heavy (non-hydrogen) atoms.